The predicted molar refractivity (Wildman–Crippen MR) is 167 cm³/mol. The van der Waals surface area contributed by atoms with E-state index in [0.29, 0.717) is 17.4 Å². The summed E-state index contributed by atoms with van der Waals surface area (Å²) in [6, 6.07) is 18.9. The van der Waals surface area contributed by atoms with Crippen LogP contribution in [0.1, 0.15) is 48.9 Å². The van der Waals surface area contributed by atoms with Crippen molar-refractivity contribution < 1.29 is 23.4 Å². The van der Waals surface area contributed by atoms with Crippen molar-refractivity contribution in [2.24, 2.45) is 5.92 Å². The highest BCUT2D eigenvalue weighted by Gasteiger charge is 2.29. The summed E-state index contributed by atoms with van der Waals surface area (Å²) in [4.78, 5) is 11.0. The number of fused-ring (bicyclic) bond motifs is 1. The van der Waals surface area contributed by atoms with Gasteiger partial charge in [-0.2, -0.15) is 4.31 Å². The summed E-state index contributed by atoms with van der Waals surface area (Å²) in [6.07, 6.45) is 2.62. The van der Waals surface area contributed by atoms with E-state index in [1.54, 1.807) is 24.3 Å². The number of aliphatic hydroxyl groups is 1. The Morgan fingerprint density at radius 1 is 1.07 bits per heavy atom. The quantitative estimate of drug-likeness (QED) is 0.236. The standard InChI is InChI=1S/C33H41ClN2O5S/c1-22-15-28(11-13-29(22)30-12-9-23(18-31(30)34)10-14-32(38)39)42(40,41)36(4)21-27(37)20-35-33(2,3)19-24-16-25-7-5-6-8-26(25)17-24/h5-9,11-13,15,18,24,27,35,37H,10,14,16-17,19-21H2,1-4H3,(H,38,39)/t27-/m1/s1. The Labute approximate surface area is 254 Å². The van der Waals surface area contributed by atoms with Gasteiger partial charge in [-0.25, -0.2) is 8.42 Å². The number of carboxylic acids is 1. The zero-order chi connectivity index (χ0) is 30.7. The first-order chi connectivity index (χ1) is 19.7. The van der Waals surface area contributed by atoms with Crippen molar-refractivity contribution in [2.45, 2.75) is 69.4 Å². The van der Waals surface area contributed by atoms with Crippen LogP contribution in [0.25, 0.3) is 11.1 Å². The fraction of sp³-hybridized carbons (Fsp3) is 0.424. The van der Waals surface area contributed by atoms with Crippen molar-refractivity contribution in [1.29, 1.82) is 0 Å². The van der Waals surface area contributed by atoms with E-state index in [4.69, 9.17) is 16.7 Å². The molecule has 1 aliphatic carbocycles. The maximum atomic E-state index is 13.4. The molecular weight excluding hydrogens is 572 g/mol. The van der Waals surface area contributed by atoms with E-state index in [2.05, 4.69) is 43.4 Å². The molecule has 3 N–H and O–H groups in total. The summed E-state index contributed by atoms with van der Waals surface area (Å²) in [5.74, 6) is -0.326. The number of aliphatic hydroxyl groups excluding tert-OH is 1. The predicted octanol–water partition coefficient (Wildman–Crippen LogP) is 5.49. The molecule has 0 fully saturated rings. The molecule has 7 nitrogen and oxygen atoms in total. The second-order valence-corrected chi connectivity index (χ2v) is 14.6. The second kappa shape index (κ2) is 13.3. The van der Waals surface area contributed by atoms with Crippen molar-refractivity contribution in [3.8, 4) is 11.1 Å². The molecule has 0 heterocycles. The third-order valence-electron chi connectivity index (χ3n) is 8.08. The van der Waals surface area contributed by atoms with Crippen LogP contribution < -0.4 is 5.32 Å². The molecule has 9 heteroatoms. The van der Waals surface area contributed by atoms with Gasteiger partial charge in [-0.15, -0.1) is 0 Å². The van der Waals surface area contributed by atoms with Gasteiger partial charge in [-0.05, 0) is 98.4 Å². The Morgan fingerprint density at radius 3 is 2.31 bits per heavy atom. The fourth-order valence-electron chi connectivity index (χ4n) is 5.90. The first-order valence-corrected chi connectivity index (χ1v) is 16.1. The van der Waals surface area contributed by atoms with Crippen LogP contribution >= 0.6 is 11.6 Å². The first-order valence-electron chi connectivity index (χ1n) is 14.3. The number of rotatable bonds is 13. The van der Waals surface area contributed by atoms with Gasteiger partial charge in [0.2, 0.25) is 10.0 Å². The van der Waals surface area contributed by atoms with Crippen LogP contribution in [-0.4, -0.2) is 60.7 Å². The number of hydrogen-bond donors (Lipinski definition) is 3. The number of hydrogen-bond acceptors (Lipinski definition) is 5. The van der Waals surface area contributed by atoms with Crippen LogP contribution in [0.5, 0.6) is 0 Å². The van der Waals surface area contributed by atoms with E-state index in [-0.39, 0.29) is 29.9 Å². The SMILES string of the molecule is Cc1cc(S(=O)(=O)N(C)C[C@H](O)CNC(C)(C)CC2Cc3ccccc3C2)ccc1-c1ccc(CCC(=O)O)cc1Cl. The summed E-state index contributed by atoms with van der Waals surface area (Å²) < 4.78 is 27.9. The summed E-state index contributed by atoms with van der Waals surface area (Å²) >= 11 is 6.51. The minimum Gasteiger partial charge on any atom is -0.481 e. The number of sulfonamides is 1. The number of nitrogens with one attached hydrogen (secondary N) is 1. The van der Waals surface area contributed by atoms with Crippen LogP contribution in [0.15, 0.2) is 65.6 Å². The third kappa shape index (κ3) is 7.99. The van der Waals surface area contributed by atoms with E-state index in [1.807, 2.05) is 19.1 Å². The van der Waals surface area contributed by atoms with Crippen LogP contribution in [0, 0.1) is 12.8 Å². The van der Waals surface area contributed by atoms with E-state index in [9.17, 15) is 18.3 Å². The summed E-state index contributed by atoms with van der Waals surface area (Å²) in [5.41, 5.74) is 5.74. The van der Waals surface area contributed by atoms with Gasteiger partial charge in [0.05, 0.1) is 11.0 Å². The van der Waals surface area contributed by atoms with Gasteiger partial charge in [-0.3, -0.25) is 4.79 Å². The highest BCUT2D eigenvalue weighted by atomic mass is 35.5. The van der Waals surface area contributed by atoms with Gasteiger partial charge >= 0.3 is 5.97 Å². The molecule has 0 spiro atoms. The number of aryl methyl sites for hydroxylation is 2. The number of nitrogens with zero attached hydrogens (tertiary/aromatic N) is 1. The van der Waals surface area contributed by atoms with Crippen molar-refractivity contribution in [3.63, 3.8) is 0 Å². The molecule has 226 valence electrons. The Hall–Kier alpha value is -2.75. The van der Waals surface area contributed by atoms with Gasteiger partial charge in [0.1, 0.15) is 0 Å². The summed E-state index contributed by atoms with van der Waals surface area (Å²) in [5, 5.41) is 23.6. The van der Waals surface area contributed by atoms with E-state index >= 15 is 0 Å². The molecule has 3 aromatic carbocycles. The van der Waals surface area contributed by atoms with Gasteiger partial charge in [0, 0.05) is 42.7 Å². The number of carbonyl (C=O) groups is 1. The number of likely N-dealkylation sites (N-methyl/N-ethyl adjacent to an activating group) is 1. The molecule has 0 unspecified atom stereocenters. The number of benzene rings is 3. The van der Waals surface area contributed by atoms with Crippen LogP contribution in [0.2, 0.25) is 5.02 Å². The van der Waals surface area contributed by atoms with Crippen molar-refractivity contribution >= 4 is 27.6 Å². The molecule has 4 rings (SSSR count). The van der Waals surface area contributed by atoms with Gasteiger partial charge in [0.15, 0.2) is 0 Å². The lowest BCUT2D eigenvalue weighted by Crippen LogP contribution is -2.47. The molecule has 0 aliphatic heterocycles. The zero-order valence-electron chi connectivity index (χ0n) is 24.7. The van der Waals surface area contributed by atoms with Gasteiger partial charge < -0.3 is 15.5 Å². The largest absolute Gasteiger partial charge is 0.481 e. The minimum atomic E-state index is -3.83. The van der Waals surface area contributed by atoms with Crippen molar-refractivity contribution in [1.82, 2.24) is 9.62 Å². The molecule has 0 bridgehead atoms. The number of aliphatic carboxylic acids is 1. The maximum Gasteiger partial charge on any atom is 0.303 e. The average molecular weight is 613 g/mol. The smallest absolute Gasteiger partial charge is 0.303 e. The van der Waals surface area contributed by atoms with Gasteiger partial charge in [0.25, 0.3) is 0 Å². The molecule has 42 heavy (non-hydrogen) atoms. The molecule has 0 radical (unpaired) electrons. The lowest BCUT2D eigenvalue weighted by molar-refractivity contribution is -0.136. The molecule has 3 aromatic rings. The third-order valence-corrected chi connectivity index (χ3v) is 10.2. The average Bonchev–Trinajstić information content (AvgIpc) is 3.32. The molecule has 0 saturated heterocycles. The highest BCUT2D eigenvalue weighted by Crippen LogP contribution is 2.34. The van der Waals surface area contributed by atoms with Crippen LogP contribution in [-0.2, 0) is 34.1 Å². The van der Waals surface area contributed by atoms with E-state index in [1.165, 1.54) is 22.5 Å². The Bertz CT molecular complexity index is 1510. The number of carboxylic acid groups (broad SMARTS) is 1. The van der Waals surface area contributed by atoms with Crippen LogP contribution in [0.4, 0.5) is 0 Å². The fourth-order valence-corrected chi connectivity index (χ4v) is 7.50. The van der Waals surface area contributed by atoms with E-state index in [0.717, 1.165) is 41.5 Å². The Balaban J connectivity index is 1.34. The highest BCUT2D eigenvalue weighted by molar-refractivity contribution is 7.89. The minimum absolute atomic E-state index is 0.0208. The number of β-amino-alcohol motifs (C(OH)–C–C–N with tert-alkyl or cyclic N) is 1. The zero-order valence-corrected chi connectivity index (χ0v) is 26.3. The Kier molecular flexibility index (Phi) is 10.2. The number of halogens is 1. The van der Waals surface area contributed by atoms with E-state index < -0.39 is 22.1 Å². The lowest BCUT2D eigenvalue weighted by Gasteiger charge is -2.31. The second-order valence-electron chi connectivity index (χ2n) is 12.1. The molecule has 0 aromatic heterocycles. The first kappa shape index (κ1) is 32.2. The Morgan fingerprint density at radius 2 is 1.71 bits per heavy atom. The normalized spacial score (nSPS) is 14.7. The lowest BCUT2D eigenvalue weighted by atomic mass is 9.88. The molecule has 0 amide bonds. The van der Waals surface area contributed by atoms with Crippen molar-refractivity contribution in [2.75, 3.05) is 20.1 Å². The molecule has 0 saturated carbocycles. The molecular formula is C33H41ClN2O5S. The van der Waals surface area contributed by atoms with Gasteiger partial charge in [-0.1, -0.05) is 54.1 Å². The topological polar surface area (TPSA) is 107 Å². The summed E-state index contributed by atoms with van der Waals surface area (Å²) in [7, 11) is -2.35. The summed E-state index contributed by atoms with van der Waals surface area (Å²) in [6.45, 7) is 6.33. The maximum absolute atomic E-state index is 13.4. The van der Waals surface area contributed by atoms with Crippen molar-refractivity contribution in [3.05, 3.63) is 87.9 Å². The molecule has 1 atom stereocenters. The van der Waals surface area contributed by atoms with Crippen LogP contribution in [0.3, 0.4) is 0 Å². The molecule has 1 aliphatic rings. The monoisotopic (exact) mass is 612 g/mol.